The van der Waals surface area contributed by atoms with E-state index in [-0.39, 0.29) is 17.6 Å². The van der Waals surface area contributed by atoms with Crippen molar-refractivity contribution < 1.29 is 9.50 Å². The van der Waals surface area contributed by atoms with E-state index >= 15 is 0 Å². The zero-order valence-corrected chi connectivity index (χ0v) is 14.7. The number of aromatic nitrogens is 3. The number of aliphatic hydroxyl groups excluding tert-OH is 1. The predicted molar refractivity (Wildman–Crippen MR) is 101 cm³/mol. The van der Waals surface area contributed by atoms with Gasteiger partial charge in [-0.2, -0.15) is 10.4 Å². The lowest BCUT2D eigenvalue weighted by molar-refractivity contribution is 0.283. The second-order valence-corrected chi connectivity index (χ2v) is 6.29. The molecule has 4 aromatic rings. The van der Waals surface area contributed by atoms with Gasteiger partial charge in [0.15, 0.2) is 0 Å². The first-order valence-electron chi connectivity index (χ1n) is 8.58. The first-order valence-corrected chi connectivity index (χ1v) is 8.58. The van der Waals surface area contributed by atoms with Gasteiger partial charge in [-0.05, 0) is 23.8 Å². The van der Waals surface area contributed by atoms with E-state index in [1.165, 1.54) is 21.2 Å². The van der Waals surface area contributed by atoms with Gasteiger partial charge in [-0.15, -0.1) is 0 Å². The molecule has 0 fully saturated rings. The van der Waals surface area contributed by atoms with E-state index in [9.17, 15) is 19.6 Å². The van der Waals surface area contributed by atoms with Gasteiger partial charge in [-0.3, -0.25) is 4.79 Å². The summed E-state index contributed by atoms with van der Waals surface area (Å²) >= 11 is 0. The molecule has 0 aliphatic carbocycles. The molecule has 4 rings (SSSR count). The van der Waals surface area contributed by atoms with Gasteiger partial charge in [0.1, 0.15) is 11.3 Å². The summed E-state index contributed by atoms with van der Waals surface area (Å²) in [7, 11) is 0. The normalized spacial score (nSPS) is 10.9. The molecule has 0 amide bonds. The van der Waals surface area contributed by atoms with Crippen LogP contribution in [0.15, 0.2) is 65.7 Å². The van der Waals surface area contributed by atoms with Gasteiger partial charge < -0.3 is 9.67 Å². The lowest BCUT2D eigenvalue weighted by Gasteiger charge is -2.08. The van der Waals surface area contributed by atoms with Gasteiger partial charge in [0.2, 0.25) is 0 Å². The SMILES string of the molecule is N#Cc1ccccc1Cn1ccn2nc(-c3cccc(F)c3)c(CO)c2c1=O. The van der Waals surface area contributed by atoms with Crippen molar-refractivity contribution >= 4 is 5.52 Å². The van der Waals surface area contributed by atoms with Crippen LogP contribution in [-0.2, 0) is 13.2 Å². The van der Waals surface area contributed by atoms with Crippen molar-refractivity contribution in [3.63, 3.8) is 0 Å². The Morgan fingerprint density at radius 1 is 1.14 bits per heavy atom. The molecule has 0 aliphatic rings. The number of halogens is 1. The zero-order valence-electron chi connectivity index (χ0n) is 14.7. The molecule has 1 N–H and O–H groups in total. The molecular formula is C21H15FN4O2. The Bertz CT molecular complexity index is 1280. The lowest BCUT2D eigenvalue weighted by atomic mass is 10.1. The van der Waals surface area contributed by atoms with Crippen LogP contribution >= 0.6 is 0 Å². The average molecular weight is 374 g/mol. The molecule has 0 bridgehead atoms. The van der Waals surface area contributed by atoms with E-state index < -0.39 is 12.4 Å². The van der Waals surface area contributed by atoms with Crippen molar-refractivity contribution in [3.05, 3.63) is 93.8 Å². The van der Waals surface area contributed by atoms with Gasteiger partial charge >= 0.3 is 0 Å². The summed E-state index contributed by atoms with van der Waals surface area (Å²) < 4.78 is 16.5. The van der Waals surface area contributed by atoms with Crippen LogP contribution in [0.2, 0.25) is 0 Å². The van der Waals surface area contributed by atoms with Crippen molar-refractivity contribution in [3.8, 4) is 17.3 Å². The predicted octanol–water partition coefficient (Wildman–Crippen LogP) is 2.71. The Labute approximate surface area is 159 Å². The number of nitrogens with zero attached hydrogens (tertiary/aromatic N) is 4. The highest BCUT2D eigenvalue weighted by molar-refractivity contribution is 5.72. The van der Waals surface area contributed by atoms with Crippen molar-refractivity contribution in [2.45, 2.75) is 13.2 Å². The Balaban J connectivity index is 1.88. The topological polar surface area (TPSA) is 83.3 Å². The third kappa shape index (κ3) is 2.96. The maximum absolute atomic E-state index is 13.6. The molecule has 2 aromatic carbocycles. The van der Waals surface area contributed by atoms with Gasteiger partial charge in [0.25, 0.3) is 5.56 Å². The van der Waals surface area contributed by atoms with E-state index in [1.807, 2.05) is 0 Å². The van der Waals surface area contributed by atoms with E-state index in [0.717, 1.165) is 0 Å². The molecule has 7 heteroatoms. The highest BCUT2D eigenvalue weighted by atomic mass is 19.1. The van der Waals surface area contributed by atoms with Gasteiger partial charge in [0, 0.05) is 23.5 Å². The summed E-state index contributed by atoms with van der Waals surface area (Å²) in [6.07, 6.45) is 3.18. The summed E-state index contributed by atoms with van der Waals surface area (Å²) in [5.41, 5.74) is 2.24. The van der Waals surface area contributed by atoms with Crippen LogP contribution < -0.4 is 5.56 Å². The quantitative estimate of drug-likeness (QED) is 0.595. The number of fused-ring (bicyclic) bond motifs is 1. The van der Waals surface area contributed by atoms with Gasteiger partial charge in [-0.1, -0.05) is 30.3 Å². The largest absolute Gasteiger partial charge is 0.392 e. The molecule has 0 atom stereocenters. The molecule has 0 aliphatic heterocycles. The number of aliphatic hydroxyl groups is 1. The second kappa shape index (κ2) is 7.10. The molecular weight excluding hydrogens is 359 g/mol. The highest BCUT2D eigenvalue weighted by Gasteiger charge is 2.18. The number of benzene rings is 2. The third-order valence-electron chi connectivity index (χ3n) is 4.59. The minimum absolute atomic E-state index is 0.213. The Morgan fingerprint density at radius 3 is 2.71 bits per heavy atom. The summed E-state index contributed by atoms with van der Waals surface area (Å²) in [4.78, 5) is 13.1. The summed E-state index contributed by atoms with van der Waals surface area (Å²) in [5.74, 6) is -0.427. The maximum Gasteiger partial charge on any atom is 0.277 e. The molecule has 0 saturated carbocycles. The molecule has 0 radical (unpaired) electrons. The summed E-state index contributed by atoms with van der Waals surface area (Å²) in [5, 5.41) is 23.5. The molecule has 6 nitrogen and oxygen atoms in total. The van der Waals surface area contributed by atoms with Crippen LogP contribution in [0, 0.1) is 17.1 Å². The molecule has 2 heterocycles. The van der Waals surface area contributed by atoms with E-state index in [2.05, 4.69) is 11.2 Å². The van der Waals surface area contributed by atoms with Crippen LogP contribution in [0.4, 0.5) is 4.39 Å². The molecule has 138 valence electrons. The number of hydrogen-bond donors (Lipinski definition) is 1. The van der Waals surface area contributed by atoms with Crippen molar-refractivity contribution in [2.24, 2.45) is 0 Å². The zero-order chi connectivity index (χ0) is 19.7. The minimum Gasteiger partial charge on any atom is -0.392 e. The molecule has 2 aromatic heterocycles. The van der Waals surface area contributed by atoms with E-state index in [1.54, 1.807) is 48.8 Å². The third-order valence-corrected chi connectivity index (χ3v) is 4.59. The average Bonchev–Trinajstić information content (AvgIpc) is 3.10. The summed E-state index contributed by atoms with van der Waals surface area (Å²) in [6.45, 7) is -0.201. The van der Waals surface area contributed by atoms with Crippen LogP contribution in [-0.4, -0.2) is 19.3 Å². The highest BCUT2D eigenvalue weighted by Crippen LogP contribution is 2.25. The van der Waals surface area contributed by atoms with Crippen molar-refractivity contribution in [1.82, 2.24) is 14.2 Å². The lowest BCUT2D eigenvalue weighted by Crippen LogP contribution is -2.23. The first kappa shape index (κ1) is 17.6. The standard InChI is InChI=1S/C21H15FN4O2/c22-17-7-3-6-14(10-17)19-18(13-27)20-21(28)25(8-9-26(20)24-19)12-16-5-2-1-4-15(16)11-23/h1-10,27H,12-13H2. The molecule has 28 heavy (non-hydrogen) atoms. The second-order valence-electron chi connectivity index (χ2n) is 6.29. The number of rotatable bonds is 4. The minimum atomic E-state index is -0.427. The Morgan fingerprint density at radius 2 is 1.96 bits per heavy atom. The Hall–Kier alpha value is -3.76. The molecule has 0 spiro atoms. The van der Waals surface area contributed by atoms with Crippen LogP contribution in [0.1, 0.15) is 16.7 Å². The van der Waals surface area contributed by atoms with Crippen LogP contribution in [0.3, 0.4) is 0 Å². The fraction of sp³-hybridized carbons (Fsp3) is 0.0952. The van der Waals surface area contributed by atoms with Gasteiger partial charge in [-0.25, -0.2) is 8.91 Å². The van der Waals surface area contributed by atoms with Crippen molar-refractivity contribution in [2.75, 3.05) is 0 Å². The summed E-state index contributed by atoms with van der Waals surface area (Å²) in [6, 6.07) is 15.0. The van der Waals surface area contributed by atoms with E-state index in [4.69, 9.17) is 0 Å². The fourth-order valence-electron chi connectivity index (χ4n) is 3.24. The monoisotopic (exact) mass is 374 g/mol. The van der Waals surface area contributed by atoms with Gasteiger partial charge in [0.05, 0.1) is 30.5 Å². The van der Waals surface area contributed by atoms with Crippen LogP contribution in [0.5, 0.6) is 0 Å². The van der Waals surface area contributed by atoms with Crippen LogP contribution in [0.25, 0.3) is 16.8 Å². The molecule has 0 saturated heterocycles. The van der Waals surface area contributed by atoms with E-state index in [0.29, 0.717) is 27.9 Å². The van der Waals surface area contributed by atoms with Crippen molar-refractivity contribution in [1.29, 1.82) is 5.26 Å². The number of nitriles is 1. The smallest absolute Gasteiger partial charge is 0.277 e. The molecule has 0 unspecified atom stereocenters. The Kier molecular flexibility index (Phi) is 4.47. The number of hydrogen-bond acceptors (Lipinski definition) is 4. The maximum atomic E-state index is 13.6. The fourth-order valence-corrected chi connectivity index (χ4v) is 3.24. The first-order chi connectivity index (χ1) is 13.6.